The van der Waals surface area contributed by atoms with E-state index >= 15 is 0 Å². The highest BCUT2D eigenvalue weighted by atomic mass is 32.2. The monoisotopic (exact) mass is 404 g/mol. The van der Waals surface area contributed by atoms with Crippen LogP contribution in [0.3, 0.4) is 0 Å². The molecular formula is C22H44O2S2. The van der Waals surface area contributed by atoms with E-state index in [9.17, 15) is 0 Å². The van der Waals surface area contributed by atoms with Gasteiger partial charge in [0.15, 0.2) is 0 Å². The maximum atomic E-state index is 5.89. The van der Waals surface area contributed by atoms with Gasteiger partial charge in [0.1, 0.15) is 0 Å². The van der Waals surface area contributed by atoms with Crippen molar-refractivity contribution in [3.8, 4) is 0 Å². The quantitative estimate of drug-likeness (QED) is 0.309. The van der Waals surface area contributed by atoms with Crippen molar-refractivity contribution in [3.05, 3.63) is 0 Å². The molecule has 4 heteroatoms. The molecule has 0 radical (unpaired) electrons. The number of ether oxygens (including phenoxy) is 2. The van der Waals surface area contributed by atoms with Crippen LogP contribution >= 0.6 is 23.5 Å². The summed E-state index contributed by atoms with van der Waals surface area (Å²) >= 11 is 4.01. The standard InChI is InChI=1S/C22H44O2S2/c1-2-3-4-5-6-7-8-9-10-11-12-13-14-22-21-24-16-19-25-18-15-23-17-20-26-22/h22H,2-21H2,1H3. The predicted octanol–water partition coefficient (Wildman–Crippen LogP) is 6.96. The summed E-state index contributed by atoms with van der Waals surface area (Å²) < 4.78 is 11.6. The van der Waals surface area contributed by atoms with Gasteiger partial charge in [-0.1, -0.05) is 84.0 Å². The first kappa shape index (κ1) is 24.7. The van der Waals surface area contributed by atoms with Crippen LogP contribution in [0.5, 0.6) is 0 Å². The maximum Gasteiger partial charge on any atom is 0.0585 e. The molecule has 0 amide bonds. The van der Waals surface area contributed by atoms with Gasteiger partial charge in [-0.3, -0.25) is 0 Å². The molecule has 0 aromatic rings. The molecule has 0 N–H and O–H groups in total. The van der Waals surface area contributed by atoms with Crippen LogP contribution in [0.25, 0.3) is 0 Å². The summed E-state index contributed by atoms with van der Waals surface area (Å²) in [5, 5.41) is 0.672. The van der Waals surface area contributed by atoms with Crippen LogP contribution < -0.4 is 0 Å². The molecule has 0 saturated carbocycles. The van der Waals surface area contributed by atoms with Crippen LogP contribution in [0.2, 0.25) is 0 Å². The van der Waals surface area contributed by atoms with Crippen LogP contribution in [0.15, 0.2) is 0 Å². The smallest absolute Gasteiger partial charge is 0.0585 e. The van der Waals surface area contributed by atoms with E-state index in [4.69, 9.17) is 9.47 Å². The van der Waals surface area contributed by atoms with Crippen molar-refractivity contribution in [1.29, 1.82) is 0 Å². The van der Waals surface area contributed by atoms with Crippen LogP contribution in [0.4, 0.5) is 0 Å². The molecule has 1 aliphatic rings. The van der Waals surface area contributed by atoms with E-state index in [1.807, 2.05) is 11.8 Å². The second-order valence-corrected chi connectivity index (χ2v) is 10.1. The van der Waals surface area contributed by atoms with E-state index < -0.39 is 0 Å². The molecule has 0 aromatic carbocycles. The Morgan fingerprint density at radius 1 is 0.654 bits per heavy atom. The van der Waals surface area contributed by atoms with E-state index in [0.29, 0.717) is 5.25 Å². The summed E-state index contributed by atoms with van der Waals surface area (Å²) in [6, 6.07) is 0. The van der Waals surface area contributed by atoms with Gasteiger partial charge in [-0.05, 0) is 6.42 Å². The SMILES string of the molecule is CCCCCCCCCCCCCCC1COCCSCCOCCS1. The molecule has 2 nitrogen and oxygen atoms in total. The fourth-order valence-corrected chi connectivity index (χ4v) is 5.10. The van der Waals surface area contributed by atoms with Gasteiger partial charge in [-0.15, -0.1) is 0 Å². The fraction of sp³-hybridized carbons (Fsp3) is 1.00. The Kier molecular flexibility index (Phi) is 19.3. The van der Waals surface area contributed by atoms with Crippen molar-refractivity contribution in [2.24, 2.45) is 0 Å². The summed E-state index contributed by atoms with van der Waals surface area (Å²) in [6.45, 7) is 5.93. The lowest BCUT2D eigenvalue weighted by molar-refractivity contribution is 0.146. The van der Waals surface area contributed by atoms with Gasteiger partial charge in [0.2, 0.25) is 0 Å². The Hall–Kier alpha value is 0.620. The molecule has 1 atom stereocenters. The molecule has 1 fully saturated rings. The molecule has 1 saturated heterocycles. The van der Waals surface area contributed by atoms with Crippen molar-refractivity contribution in [2.75, 3.05) is 43.7 Å². The van der Waals surface area contributed by atoms with Crippen molar-refractivity contribution < 1.29 is 9.47 Å². The maximum absolute atomic E-state index is 5.89. The van der Waals surface area contributed by atoms with Crippen LogP contribution in [0.1, 0.15) is 90.4 Å². The van der Waals surface area contributed by atoms with Gasteiger partial charge in [0.25, 0.3) is 0 Å². The first-order valence-corrected chi connectivity index (χ1v) is 13.5. The van der Waals surface area contributed by atoms with E-state index in [1.165, 1.54) is 83.5 Å². The third kappa shape index (κ3) is 16.8. The third-order valence-electron chi connectivity index (χ3n) is 5.01. The second-order valence-electron chi connectivity index (χ2n) is 7.47. The Balaban J connectivity index is 1.91. The zero-order valence-electron chi connectivity index (χ0n) is 17.4. The van der Waals surface area contributed by atoms with E-state index in [-0.39, 0.29) is 0 Å². The van der Waals surface area contributed by atoms with Gasteiger partial charge in [-0.25, -0.2) is 0 Å². The first-order chi connectivity index (χ1) is 12.9. The molecule has 0 aliphatic carbocycles. The third-order valence-corrected chi connectivity index (χ3v) is 7.16. The molecule has 1 unspecified atom stereocenters. The highest BCUT2D eigenvalue weighted by molar-refractivity contribution is 8.00. The second kappa shape index (κ2) is 20.4. The summed E-state index contributed by atoms with van der Waals surface area (Å²) in [6.07, 6.45) is 18.5. The lowest BCUT2D eigenvalue weighted by atomic mass is 10.0. The molecule has 0 bridgehead atoms. The van der Waals surface area contributed by atoms with Crippen LogP contribution in [0, 0.1) is 0 Å². The fourth-order valence-electron chi connectivity index (χ4n) is 3.36. The molecule has 0 spiro atoms. The Labute approximate surface area is 172 Å². The van der Waals surface area contributed by atoms with Gasteiger partial charge in [0.05, 0.1) is 26.4 Å². The van der Waals surface area contributed by atoms with Gasteiger partial charge < -0.3 is 9.47 Å². The zero-order chi connectivity index (χ0) is 18.5. The Morgan fingerprint density at radius 2 is 1.19 bits per heavy atom. The number of thioether (sulfide) groups is 2. The Bertz CT molecular complexity index is 265. The summed E-state index contributed by atoms with van der Waals surface area (Å²) in [5.41, 5.74) is 0. The van der Waals surface area contributed by atoms with Gasteiger partial charge >= 0.3 is 0 Å². The summed E-state index contributed by atoms with van der Waals surface area (Å²) in [4.78, 5) is 0. The molecule has 1 aliphatic heterocycles. The van der Waals surface area contributed by atoms with E-state index in [1.54, 1.807) is 0 Å². The largest absolute Gasteiger partial charge is 0.380 e. The minimum Gasteiger partial charge on any atom is -0.380 e. The molecule has 26 heavy (non-hydrogen) atoms. The molecule has 1 rings (SSSR count). The number of unbranched alkanes of at least 4 members (excludes halogenated alkanes) is 11. The minimum atomic E-state index is 0.672. The van der Waals surface area contributed by atoms with Crippen molar-refractivity contribution in [3.63, 3.8) is 0 Å². The van der Waals surface area contributed by atoms with Crippen molar-refractivity contribution in [1.82, 2.24) is 0 Å². The Morgan fingerprint density at radius 3 is 1.85 bits per heavy atom. The number of rotatable bonds is 13. The topological polar surface area (TPSA) is 18.5 Å². The lowest BCUT2D eigenvalue weighted by Gasteiger charge is -2.18. The summed E-state index contributed by atoms with van der Waals surface area (Å²) in [5.74, 6) is 3.34. The average Bonchev–Trinajstić information content (AvgIpc) is 2.64. The number of hydrogen-bond donors (Lipinski definition) is 0. The first-order valence-electron chi connectivity index (χ1n) is 11.3. The normalized spacial score (nSPS) is 20.4. The predicted molar refractivity (Wildman–Crippen MR) is 121 cm³/mol. The number of hydrogen-bond acceptors (Lipinski definition) is 4. The molecular weight excluding hydrogens is 360 g/mol. The molecule has 156 valence electrons. The van der Waals surface area contributed by atoms with E-state index in [2.05, 4.69) is 18.7 Å². The highest BCUT2D eigenvalue weighted by Crippen LogP contribution is 2.20. The lowest BCUT2D eigenvalue weighted by Crippen LogP contribution is -2.16. The minimum absolute atomic E-state index is 0.672. The molecule has 0 aromatic heterocycles. The van der Waals surface area contributed by atoms with Crippen LogP contribution in [-0.4, -0.2) is 48.9 Å². The van der Waals surface area contributed by atoms with Crippen molar-refractivity contribution >= 4 is 23.5 Å². The van der Waals surface area contributed by atoms with E-state index in [0.717, 1.165) is 43.7 Å². The molecule has 1 heterocycles. The highest BCUT2D eigenvalue weighted by Gasteiger charge is 2.10. The zero-order valence-corrected chi connectivity index (χ0v) is 19.0. The van der Waals surface area contributed by atoms with Gasteiger partial charge in [0, 0.05) is 22.5 Å². The van der Waals surface area contributed by atoms with Crippen molar-refractivity contribution in [2.45, 2.75) is 95.6 Å². The van der Waals surface area contributed by atoms with Crippen LogP contribution in [-0.2, 0) is 9.47 Å². The average molecular weight is 405 g/mol. The van der Waals surface area contributed by atoms with Gasteiger partial charge in [-0.2, -0.15) is 23.5 Å². The summed E-state index contributed by atoms with van der Waals surface area (Å²) in [7, 11) is 0.